The fourth-order valence-corrected chi connectivity index (χ4v) is 2.48. The van der Waals surface area contributed by atoms with Gasteiger partial charge in [0.25, 0.3) is 5.91 Å². The highest BCUT2D eigenvalue weighted by Gasteiger charge is 2.42. The third-order valence-corrected chi connectivity index (χ3v) is 3.96. The summed E-state index contributed by atoms with van der Waals surface area (Å²) in [5, 5.41) is 11.8. The number of benzene rings is 1. The van der Waals surface area contributed by atoms with Crippen LogP contribution in [0.25, 0.3) is 0 Å². The molecule has 0 radical (unpaired) electrons. The van der Waals surface area contributed by atoms with Gasteiger partial charge in [-0.05, 0) is 12.1 Å². The number of carboxylic acid groups (broad SMARTS) is 1. The molecule has 0 aromatic heterocycles. The maximum absolute atomic E-state index is 12.3. The van der Waals surface area contributed by atoms with Gasteiger partial charge >= 0.3 is 17.9 Å². The first-order chi connectivity index (χ1) is 11.7. The van der Waals surface area contributed by atoms with E-state index in [0.717, 1.165) is 14.2 Å². The number of ether oxygens (including phenoxy) is 2. The Kier molecular flexibility index (Phi) is 7.38. The van der Waals surface area contributed by atoms with Crippen LogP contribution >= 0.6 is 11.6 Å². The van der Waals surface area contributed by atoms with Crippen LogP contribution in [0.5, 0.6) is 0 Å². The third-order valence-electron chi connectivity index (χ3n) is 3.63. The molecule has 0 saturated heterocycles. The standard InChI is InChI=1S/C16H18ClNO7/c1-8(11(15(22)24-2)16(23)25-3)12(14(20)21)18-13(19)9-6-4-5-7-10(9)17/h4-8,11-12H,1-3H3,(H,18,19)(H,20,21)/t8-,12+/m1/s1. The number of amides is 1. The van der Waals surface area contributed by atoms with Gasteiger partial charge in [0.1, 0.15) is 6.04 Å². The molecule has 1 aromatic carbocycles. The van der Waals surface area contributed by atoms with Crippen LogP contribution in [0.2, 0.25) is 5.02 Å². The quantitative estimate of drug-likeness (QED) is 0.544. The van der Waals surface area contributed by atoms with Crippen LogP contribution < -0.4 is 5.32 Å². The molecule has 0 bridgehead atoms. The Bertz CT molecular complexity index is 660. The summed E-state index contributed by atoms with van der Waals surface area (Å²) in [6.45, 7) is 1.32. The summed E-state index contributed by atoms with van der Waals surface area (Å²) in [6, 6.07) is 4.51. The molecule has 0 heterocycles. The van der Waals surface area contributed by atoms with Crippen molar-refractivity contribution in [1.82, 2.24) is 5.32 Å². The number of hydrogen-bond acceptors (Lipinski definition) is 6. The summed E-state index contributed by atoms with van der Waals surface area (Å²) in [7, 11) is 2.12. The molecule has 0 spiro atoms. The molecule has 1 rings (SSSR count). The first-order valence-corrected chi connectivity index (χ1v) is 7.56. The second-order valence-corrected chi connectivity index (χ2v) is 5.56. The molecule has 136 valence electrons. The van der Waals surface area contributed by atoms with Crippen LogP contribution in [0.15, 0.2) is 24.3 Å². The summed E-state index contributed by atoms with van der Waals surface area (Å²) in [5.41, 5.74) is 0.0651. The number of halogens is 1. The minimum atomic E-state index is -1.55. The van der Waals surface area contributed by atoms with E-state index in [9.17, 15) is 24.3 Å². The van der Waals surface area contributed by atoms with Gasteiger partial charge in [-0.2, -0.15) is 0 Å². The van der Waals surface area contributed by atoms with Crippen molar-refractivity contribution in [2.45, 2.75) is 13.0 Å². The van der Waals surface area contributed by atoms with Crippen LogP contribution in [0.1, 0.15) is 17.3 Å². The Hall–Kier alpha value is -2.61. The van der Waals surface area contributed by atoms with E-state index < -0.39 is 41.7 Å². The van der Waals surface area contributed by atoms with Crippen molar-refractivity contribution >= 4 is 35.4 Å². The average molecular weight is 372 g/mol. The van der Waals surface area contributed by atoms with Crippen molar-refractivity contribution < 1.29 is 33.8 Å². The first-order valence-electron chi connectivity index (χ1n) is 7.18. The van der Waals surface area contributed by atoms with Crippen LogP contribution in [0.3, 0.4) is 0 Å². The smallest absolute Gasteiger partial charge is 0.326 e. The van der Waals surface area contributed by atoms with Crippen molar-refractivity contribution in [2.24, 2.45) is 11.8 Å². The topological polar surface area (TPSA) is 119 Å². The Morgan fingerprint density at radius 1 is 1.08 bits per heavy atom. The largest absolute Gasteiger partial charge is 0.480 e. The normalized spacial score (nSPS) is 12.8. The molecule has 9 heteroatoms. The number of aliphatic carboxylic acids is 1. The summed E-state index contributed by atoms with van der Waals surface area (Å²) in [4.78, 5) is 47.5. The number of esters is 2. The monoisotopic (exact) mass is 371 g/mol. The van der Waals surface area contributed by atoms with Crippen molar-refractivity contribution in [3.63, 3.8) is 0 Å². The van der Waals surface area contributed by atoms with Gasteiger partial charge in [0.2, 0.25) is 0 Å². The Balaban J connectivity index is 3.11. The Labute approximate surface area is 149 Å². The minimum Gasteiger partial charge on any atom is -0.480 e. The van der Waals surface area contributed by atoms with Crippen molar-refractivity contribution in [2.75, 3.05) is 14.2 Å². The highest BCUT2D eigenvalue weighted by molar-refractivity contribution is 6.33. The van der Waals surface area contributed by atoms with E-state index in [0.29, 0.717) is 0 Å². The molecule has 8 nitrogen and oxygen atoms in total. The van der Waals surface area contributed by atoms with Gasteiger partial charge < -0.3 is 19.9 Å². The lowest BCUT2D eigenvalue weighted by atomic mass is 9.87. The summed E-state index contributed by atoms with van der Waals surface area (Å²) in [5.74, 6) is -6.74. The molecule has 0 unspecified atom stereocenters. The average Bonchev–Trinajstić information content (AvgIpc) is 2.58. The van der Waals surface area contributed by atoms with Gasteiger partial charge in [-0.3, -0.25) is 14.4 Å². The number of carbonyl (C=O) groups is 4. The molecule has 0 aliphatic heterocycles. The van der Waals surface area contributed by atoms with E-state index in [1.165, 1.54) is 19.1 Å². The van der Waals surface area contributed by atoms with Crippen LogP contribution in [-0.4, -0.2) is 49.2 Å². The molecule has 0 fully saturated rings. The van der Waals surface area contributed by atoms with Crippen LogP contribution in [-0.2, 0) is 23.9 Å². The Morgan fingerprint density at radius 3 is 2.04 bits per heavy atom. The molecule has 0 saturated carbocycles. The molecular formula is C16H18ClNO7. The van der Waals surface area contributed by atoms with Gasteiger partial charge in [-0.1, -0.05) is 30.7 Å². The molecule has 0 aliphatic rings. The number of nitrogens with one attached hydrogen (secondary N) is 1. The van der Waals surface area contributed by atoms with Gasteiger partial charge in [0.15, 0.2) is 5.92 Å². The molecule has 25 heavy (non-hydrogen) atoms. The van der Waals surface area contributed by atoms with Gasteiger partial charge in [0, 0.05) is 5.92 Å². The maximum atomic E-state index is 12.3. The predicted molar refractivity (Wildman–Crippen MR) is 87.0 cm³/mol. The van der Waals surface area contributed by atoms with E-state index >= 15 is 0 Å². The summed E-state index contributed by atoms with van der Waals surface area (Å²) < 4.78 is 9.06. The van der Waals surface area contributed by atoms with Gasteiger partial charge in [-0.15, -0.1) is 0 Å². The van der Waals surface area contributed by atoms with E-state index in [-0.39, 0.29) is 10.6 Å². The molecular weight excluding hydrogens is 354 g/mol. The number of methoxy groups -OCH3 is 2. The lowest BCUT2D eigenvalue weighted by molar-refractivity contribution is -0.162. The second-order valence-electron chi connectivity index (χ2n) is 5.15. The van der Waals surface area contributed by atoms with Gasteiger partial charge in [0.05, 0.1) is 24.8 Å². The van der Waals surface area contributed by atoms with E-state index in [4.69, 9.17) is 11.6 Å². The third kappa shape index (κ3) is 4.93. The fourth-order valence-electron chi connectivity index (χ4n) is 2.25. The Morgan fingerprint density at radius 2 is 1.60 bits per heavy atom. The molecule has 2 atom stereocenters. The predicted octanol–water partition coefficient (Wildman–Crippen LogP) is 1.12. The fraction of sp³-hybridized carbons (Fsp3) is 0.375. The highest BCUT2D eigenvalue weighted by Crippen LogP contribution is 2.21. The summed E-state index contributed by atoms with van der Waals surface area (Å²) in [6.07, 6.45) is 0. The number of hydrogen-bond donors (Lipinski definition) is 2. The number of rotatable bonds is 7. The van der Waals surface area contributed by atoms with E-state index in [1.807, 2.05) is 0 Å². The molecule has 1 aromatic rings. The summed E-state index contributed by atoms with van der Waals surface area (Å²) >= 11 is 5.91. The number of carboxylic acids is 1. The highest BCUT2D eigenvalue weighted by atomic mass is 35.5. The molecule has 0 aliphatic carbocycles. The SMILES string of the molecule is COC(=O)C(C(=O)OC)[C@@H](C)[C@H](NC(=O)c1ccccc1Cl)C(=O)O. The zero-order valence-corrected chi connectivity index (χ0v) is 14.6. The van der Waals surface area contributed by atoms with E-state index in [2.05, 4.69) is 14.8 Å². The minimum absolute atomic E-state index is 0.0651. The lowest BCUT2D eigenvalue weighted by Crippen LogP contribution is -2.50. The number of carbonyl (C=O) groups excluding carboxylic acids is 3. The van der Waals surface area contributed by atoms with Crippen LogP contribution in [0, 0.1) is 11.8 Å². The van der Waals surface area contributed by atoms with Crippen molar-refractivity contribution in [1.29, 1.82) is 0 Å². The maximum Gasteiger partial charge on any atom is 0.326 e. The zero-order valence-electron chi connectivity index (χ0n) is 13.8. The molecule has 2 N–H and O–H groups in total. The van der Waals surface area contributed by atoms with E-state index in [1.54, 1.807) is 12.1 Å². The zero-order chi connectivity index (χ0) is 19.1. The lowest BCUT2D eigenvalue weighted by Gasteiger charge is -2.26. The van der Waals surface area contributed by atoms with Crippen molar-refractivity contribution in [3.05, 3.63) is 34.9 Å². The van der Waals surface area contributed by atoms with Crippen molar-refractivity contribution in [3.8, 4) is 0 Å². The van der Waals surface area contributed by atoms with Gasteiger partial charge in [-0.25, -0.2) is 4.79 Å². The first kappa shape index (κ1) is 20.4. The second kappa shape index (κ2) is 9.03. The van der Waals surface area contributed by atoms with Crippen LogP contribution in [0.4, 0.5) is 0 Å². The molecule has 1 amide bonds.